The highest BCUT2D eigenvalue weighted by atomic mass is 19.1. The summed E-state index contributed by atoms with van der Waals surface area (Å²) in [5.74, 6) is 0.111. The number of aromatic nitrogens is 1. The van der Waals surface area contributed by atoms with Gasteiger partial charge in [0.2, 0.25) is 11.8 Å². The molecule has 32 heavy (non-hydrogen) atoms. The third-order valence-corrected chi connectivity index (χ3v) is 5.50. The second-order valence-corrected chi connectivity index (χ2v) is 8.18. The fourth-order valence-electron chi connectivity index (χ4n) is 3.30. The minimum atomic E-state index is -0.561. The molecule has 9 nitrogen and oxygen atoms in total. The maximum absolute atomic E-state index is 14.0. The van der Waals surface area contributed by atoms with Crippen LogP contribution in [-0.2, 0) is 16.0 Å². The number of imide groups is 1. The van der Waals surface area contributed by atoms with E-state index in [0.29, 0.717) is 24.6 Å². The second-order valence-electron chi connectivity index (χ2n) is 8.18. The van der Waals surface area contributed by atoms with Gasteiger partial charge in [-0.25, -0.2) is 9.18 Å². The summed E-state index contributed by atoms with van der Waals surface area (Å²) in [5, 5.41) is 9.16. The lowest BCUT2D eigenvalue weighted by Crippen LogP contribution is -2.27. The number of urea groups is 1. The van der Waals surface area contributed by atoms with Crippen molar-refractivity contribution in [3.63, 3.8) is 0 Å². The van der Waals surface area contributed by atoms with Crippen molar-refractivity contribution in [2.24, 2.45) is 5.92 Å². The van der Waals surface area contributed by atoms with E-state index in [1.165, 1.54) is 6.07 Å². The van der Waals surface area contributed by atoms with Crippen LogP contribution in [0, 0.1) is 11.7 Å². The van der Waals surface area contributed by atoms with E-state index in [9.17, 15) is 18.8 Å². The van der Waals surface area contributed by atoms with E-state index in [4.69, 9.17) is 9.26 Å². The number of hydrogen-bond donors (Lipinski definition) is 2. The summed E-state index contributed by atoms with van der Waals surface area (Å²) in [6.45, 7) is 2.45. The largest absolute Gasteiger partial charge is 0.490 e. The highest BCUT2D eigenvalue weighted by molar-refractivity contribution is 6.11. The Morgan fingerprint density at radius 2 is 2.19 bits per heavy atom. The number of Topliss-reactive ketones (excluding diaryl/α,β-unsaturated/α-hetero) is 1. The number of halogens is 1. The zero-order valence-corrected chi connectivity index (χ0v) is 17.7. The molecule has 170 valence electrons. The molecular formula is C22H25FN4O5. The van der Waals surface area contributed by atoms with Crippen molar-refractivity contribution in [1.82, 2.24) is 15.8 Å². The third kappa shape index (κ3) is 5.50. The van der Waals surface area contributed by atoms with Gasteiger partial charge < -0.3 is 14.6 Å². The van der Waals surface area contributed by atoms with Gasteiger partial charge in [0, 0.05) is 24.9 Å². The molecule has 1 aromatic carbocycles. The molecule has 1 atom stereocenters. The summed E-state index contributed by atoms with van der Waals surface area (Å²) in [6.07, 6.45) is 2.84. The number of ketones is 1. The standard InChI is InChI=1S/C22H25FN4O5/c1-13(15-4-7-18(23)19(8-15)31-12-14-2-3-14)24-10-17(28)6-5-16-9-21(32-26-16)27-11-20(29)25-22(27)30/h4,7-9,13-14,24H,2-3,5-6,10-12H2,1H3,(H,25,29,30)/t13-/m1/s1. The predicted molar refractivity (Wildman–Crippen MR) is 112 cm³/mol. The van der Waals surface area contributed by atoms with E-state index in [-0.39, 0.29) is 48.8 Å². The Bertz CT molecular complexity index is 1020. The molecule has 2 heterocycles. The molecule has 3 amide bonds. The topological polar surface area (TPSA) is 114 Å². The highest BCUT2D eigenvalue weighted by Gasteiger charge is 2.30. The van der Waals surface area contributed by atoms with Crippen molar-refractivity contribution in [1.29, 1.82) is 0 Å². The molecule has 1 aromatic heterocycles. The van der Waals surface area contributed by atoms with Crippen LogP contribution in [0.5, 0.6) is 5.75 Å². The number of rotatable bonds is 11. The molecule has 2 aromatic rings. The SMILES string of the molecule is C[C@@H](NCC(=O)CCc1cc(N2CC(=O)NC2=O)on1)c1ccc(F)c(OCC2CC2)c1. The van der Waals surface area contributed by atoms with E-state index < -0.39 is 11.9 Å². The van der Waals surface area contributed by atoms with Gasteiger partial charge in [-0.05, 0) is 43.4 Å². The van der Waals surface area contributed by atoms with Gasteiger partial charge in [0.25, 0.3) is 0 Å². The Morgan fingerprint density at radius 3 is 2.91 bits per heavy atom. The highest BCUT2D eigenvalue weighted by Crippen LogP contribution is 2.31. The van der Waals surface area contributed by atoms with Gasteiger partial charge in [-0.2, -0.15) is 0 Å². The minimum Gasteiger partial charge on any atom is -0.490 e. The van der Waals surface area contributed by atoms with Crippen LogP contribution in [0.1, 0.15) is 43.5 Å². The fraction of sp³-hybridized carbons (Fsp3) is 0.455. The number of ether oxygens (including phenoxy) is 1. The average Bonchev–Trinajstić information content (AvgIpc) is 3.38. The van der Waals surface area contributed by atoms with E-state index in [1.54, 1.807) is 18.2 Å². The molecule has 0 spiro atoms. The number of hydrogen-bond acceptors (Lipinski definition) is 7. The van der Waals surface area contributed by atoms with E-state index in [0.717, 1.165) is 23.3 Å². The lowest BCUT2D eigenvalue weighted by atomic mass is 10.1. The van der Waals surface area contributed by atoms with Crippen LogP contribution in [0.4, 0.5) is 15.1 Å². The molecule has 2 aliphatic rings. The minimum absolute atomic E-state index is 0.0252. The molecule has 1 aliphatic carbocycles. The van der Waals surface area contributed by atoms with Gasteiger partial charge in [-0.1, -0.05) is 11.2 Å². The number of carbonyl (C=O) groups is 3. The van der Waals surface area contributed by atoms with Crippen LogP contribution in [0.2, 0.25) is 0 Å². The first-order valence-corrected chi connectivity index (χ1v) is 10.6. The van der Waals surface area contributed by atoms with Gasteiger partial charge >= 0.3 is 6.03 Å². The normalized spacial score (nSPS) is 16.9. The zero-order chi connectivity index (χ0) is 22.7. The molecule has 2 N–H and O–H groups in total. The Hall–Kier alpha value is -3.27. The summed E-state index contributed by atoms with van der Waals surface area (Å²) >= 11 is 0. The Labute approximate surface area is 184 Å². The zero-order valence-electron chi connectivity index (χ0n) is 17.7. The first kappa shape index (κ1) is 21.9. The lowest BCUT2D eigenvalue weighted by molar-refractivity contribution is -0.118. The van der Waals surface area contributed by atoms with Crippen LogP contribution in [0.3, 0.4) is 0 Å². The van der Waals surface area contributed by atoms with Crippen molar-refractivity contribution in [3.05, 3.63) is 41.3 Å². The van der Waals surface area contributed by atoms with Crippen molar-refractivity contribution >= 4 is 23.6 Å². The Morgan fingerprint density at radius 1 is 1.38 bits per heavy atom. The number of benzene rings is 1. The summed E-state index contributed by atoms with van der Waals surface area (Å²) in [7, 11) is 0. The molecule has 1 aliphatic heterocycles. The van der Waals surface area contributed by atoms with Gasteiger partial charge in [0.1, 0.15) is 12.3 Å². The molecule has 0 bridgehead atoms. The number of nitrogens with one attached hydrogen (secondary N) is 2. The molecule has 10 heteroatoms. The summed E-state index contributed by atoms with van der Waals surface area (Å²) in [4.78, 5) is 36.4. The number of carbonyl (C=O) groups excluding carboxylic acids is 3. The van der Waals surface area contributed by atoms with Crippen LogP contribution < -0.4 is 20.3 Å². The molecule has 2 fully saturated rings. The van der Waals surface area contributed by atoms with Crippen LogP contribution in [0.15, 0.2) is 28.8 Å². The van der Waals surface area contributed by atoms with Gasteiger partial charge in [-0.3, -0.25) is 19.8 Å². The van der Waals surface area contributed by atoms with Crippen molar-refractivity contribution in [3.8, 4) is 5.75 Å². The van der Waals surface area contributed by atoms with Crippen molar-refractivity contribution in [2.75, 3.05) is 24.6 Å². The fourth-order valence-corrected chi connectivity index (χ4v) is 3.30. The van der Waals surface area contributed by atoms with Crippen molar-refractivity contribution < 1.29 is 28.0 Å². The Balaban J connectivity index is 1.23. The summed E-state index contributed by atoms with van der Waals surface area (Å²) < 4.78 is 24.7. The molecular weight excluding hydrogens is 419 g/mol. The number of amides is 3. The first-order chi connectivity index (χ1) is 15.4. The third-order valence-electron chi connectivity index (χ3n) is 5.50. The first-order valence-electron chi connectivity index (χ1n) is 10.6. The maximum Gasteiger partial charge on any atom is 0.331 e. The van der Waals surface area contributed by atoms with E-state index in [2.05, 4.69) is 15.8 Å². The molecule has 4 rings (SSSR count). The van der Waals surface area contributed by atoms with Crippen LogP contribution >= 0.6 is 0 Å². The van der Waals surface area contributed by atoms with Crippen molar-refractivity contribution in [2.45, 2.75) is 38.6 Å². The maximum atomic E-state index is 14.0. The molecule has 0 radical (unpaired) electrons. The van der Waals surface area contributed by atoms with Gasteiger partial charge in [0.15, 0.2) is 11.6 Å². The smallest absolute Gasteiger partial charge is 0.331 e. The van der Waals surface area contributed by atoms with Crippen LogP contribution in [0.25, 0.3) is 0 Å². The molecule has 1 saturated carbocycles. The van der Waals surface area contributed by atoms with Crippen LogP contribution in [-0.4, -0.2) is 42.6 Å². The predicted octanol–water partition coefficient (Wildman–Crippen LogP) is 2.51. The van der Waals surface area contributed by atoms with E-state index in [1.807, 2.05) is 6.92 Å². The summed E-state index contributed by atoms with van der Waals surface area (Å²) in [6, 6.07) is 5.56. The van der Waals surface area contributed by atoms with E-state index >= 15 is 0 Å². The average molecular weight is 444 g/mol. The number of aryl methyl sites for hydroxylation is 1. The quantitative estimate of drug-likeness (QED) is 0.512. The summed E-state index contributed by atoms with van der Waals surface area (Å²) in [5.41, 5.74) is 1.36. The number of anilines is 1. The molecule has 1 saturated heterocycles. The Kier molecular flexibility index (Phi) is 6.50. The monoisotopic (exact) mass is 444 g/mol. The molecule has 0 unspecified atom stereocenters. The van der Waals surface area contributed by atoms with Gasteiger partial charge in [0.05, 0.1) is 18.8 Å². The second kappa shape index (κ2) is 9.47. The number of nitrogens with zero attached hydrogens (tertiary/aromatic N) is 2. The van der Waals surface area contributed by atoms with Gasteiger partial charge in [-0.15, -0.1) is 0 Å². The lowest BCUT2D eigenvalue weighted by Gasteiger charge is -2.15.